The number of hydrogen-bond donors (Lipinski definition) is 3. The largest absolute Gasteiger partial charge is 0.505 e. The van der Waals surface area contributed by atoms with Gasteiger partial charge in [0.2, 0.25) is 12.0 Å². The van der Waals surface area contributed by atoms with Crippen molar-refractivity contribution < 1.29 is 46.1 Å². The lowest BCUT2D eigenvalue weighted by Gasteiger charge is -2.31. The molecule has 4 N–H and O–H groups in total. The van der Waals surface area contributed by atoms with Crippen molar-refractivity contribution in [2.24, 2.45) is 11.7 Å². The number of ether oxygens (including phenoxy) is 1. The fourth-order valence-electron chi connectivity index (χ4n) is 3.90. The number of rotatable bonds is 4. The van der Waals surface area contributed by atoms with Crippen LogP contribution in [0, 0.1) is 22.5 Å². The zero-order chi connectivity index (χ0) is 24.9. The Labute approximate surface area is 183 Å². The zero-order valence-corrected chi connectivity index (χ0v) is 17.2. The third kappa shape index (κ3) is 4.08. The lowest BCUT2D eigenvalue weighted by molar-refractivity contribution is -0.495. The summed E-state index contributed by atoms with van der Waals surface area (Å²) in [6, 6.07) is 0.0150. The van der Waals surface area contributed by atoms with E-state index in [1.165, 1.54) is 0 Å². The smallest absolute Gasteiger partial charge is 0.417 e. The predicted octanol–water partition coefficient (Wildman–Crippen LogP) is 2.27. The number of benzene rings is 1. The van der Waals surface area contributed by atoms with Crippen LogP contribution in [0.1, 0.15) is 25.3 Å². The Morgan fingerprint density at radius 2 is 1.91 bits per heavy atom. The van der Waals surface area contributed by atoms with Crippen molar-refractivity contribution in [2.45, 2.75) is 43.7 Å². The van der Waals surface area contributed by atoms with E-state index < -0.39 is 70.5 Å². The van der Waals surface area contributed by atoms with Gasteiger partial charge in [-0.3, -0.25) is 9.59 Å². The van der Waals surface area contributed by atoms with Gasteiger partial charge in [0.1, 0.15) is 6.10 Å². The van der Waals surface area contributed by atoms with E-state index in [1.807, 2.05) is 0 Å². The standard InChI is InChI=1S/C20H18F5N3O5/c1-8-13(10-3-4-11(21)14(22)15(10)29)16(33-19(8,2)20(23,24)25)18(31)27-9-5-6-28(32)12(7-9)17(26)30/h3-8,12-13,16H,1-2H3,(H3-,26,27,29,30,31)/p+1/t8-,12?,13-,16-,19+/m1/s1. The first-order valence-corrected chi connectivity index (χ1v) is 9.56. The Kier molecular flexibility index (Phi) is 6.04. The first kappa shape index (κ1) is 24.3. The molecule has 2 heterocycles. The van der Waals surface area contributed by atoms with Crippen LogP contribution in [-0.4, -0.2) is 45.6 Å². The minimum atomic E-state index is -4.96. The maximum atomic E-state index is 14.0. The molecule has 0 aromatic heterocycles. The number of primary amides is 1. The molecule has 0 saturated carbocycles. The Morgan fingerprint density at radius 3 is 2.48 bits per heavy atom. The zero-order valence-electron chi connectivity index (χ0n) is 17.2. The normalized spacial score (nSPS) is 29.7. The fourth-order valence-corrected chi connectivity index (χ4v) is 3.90. The molecule has 5 atom stereocenters. The molecule has 33 heavy (non-hydrogen) atoms. The summed E-state index contributed by atoms with van der Waals surface area (Å²) in [4.78, 5) is 35.9. The molecule has 0 radical (unpaired) electrons. The van der Waals surface area contributed by atoms with Crippen molar-refractivity contribution in [1.29, 1.82) is 0 Å². The third-order valence-corrected chi connectivity index (χ3v) is 5.96. The number of carbonyl (C=O) groups is 2. The van der Waals surface area contributed by atoms with Crippen molar-refractivity contribution in [3.05, 3.63) is 58.3 Å². The van der Waals surface area contributed by atoms with Crippen LogP contribution < -0.4 is 11.1 Å². The average Bonchev–Trinajstić information content (AvgIpc) is 3.00. The minimum Gasteiger partial charge on any atom is -0.505 e. The number of nitrogens with one attached hydrogen (secondary N) is 1. The number of phenols is 1. The first-order valence-electron chi connectivity index (χ1n) is 9.56. The second-order valence-electron chi connectivity index (χ2n) is 7.89. The highest BCUT2D eigenvalue weighted by Crippen LogP contribution is 2.54. The first-order chi connectivity index (χ1) is 15.2. The topological polar surface area (TPSA) is 122 Å². The van der Waals surface area contributed by atoms with E-state index >= 15 is 0 Å². The van der Waals surface area contributed by atoms with E-state index in [0.717, 1.165) is 31.3 Å². The number of allylic oxidation sites excluding steroid dienone is 1. The highest BCUT2D eigenvalue weighted by atomic mass is 19.4. The van der Waals surface area contributed by atoms with Crippen LogP contribution in [0.2, 0.25) is 0 Å². The van der Waals surface area contributed by atoms with Gasteiger partial charge in [-0.2, -0.15) is 17.6 Å². The summed E-state index contributed by atoms with van der Waals surface area (Å²) in [5.41, 5.74) is 1.64. The van der Waals surface area contributed by atoms with Gasteiger partial charge in [0.15, 0.2) is 17.2 Å². The maximum Gasteiger partial charge on any atom is 0.417 e. The molecule has 3 rings (SSSR count). The molecule has 2 aliphatic heterocycles. The van der Waals surface area contributed by atoms with Gasteiger partial charge in [0, 0.05) is 39.2 Å². The molecule has 8 nitrogen and oxygen atoms in total. The fraction of sp³-hybridized carbons (Fsp3) is 0.400. The van der Waals surface area contributed by atoms with Crippen LogP contribution in [0.3, 0.4) is 0 Å². The minimum absolute atomic E-state index is 0.124. The molecule has 1 aromatic carbocycles. The molecule has 13 heteroatoms. The lowest BCUT2D eigenvalue weighted by Crippen LogP contribution is -2.47. The molecule has 1 saturated heterocycles. The van der Waals surface area contributed by atoms with Gasteiger partial charge in [-0.25, -0.2) is 4.39 Å². The summed E-state index contributed by atoms with van der Waals surface area (Å²) < 4.78 is 74.3. The summed E-state index contributed by atoms with van der Waals surface area (Å²) in [7, 11) is 0. The van der Waals surface area contributed by atoms with Gasteiger partial charge in [-0.15, -0.1) is 0 Å². The molecule has 2 amide bonds. The number of nitrogens with two attached hydrogens (primary N) is 1. The number of phenolic OH excluding ortho intramolecular Hbond substituents is 1. The highest BCUT2D eigenvalue weighted by molar-refractivity contribution is 5.86. The second-order valence-corrected chi connectivity index (χ2v) is 7.89. The van der Waals surface area contributed by atoms with Crippen LogP contribution in [0.5, 0.6) is 5.75 Å². The van der Waals surface area contributed by atoms with Crippen LogP contribution in [0.15, 0.2) is 36.2 Å². The average molecular weight is 476 g/mol. The molecule has 2 aliphatic rings. The molecular weight excluding hydrogens is 457 g/mol. The van der Waals surface area contributed by atoms with Gasteiger partial charge < -0.3 is 20.9 Å². The number of halogens is 5. The molecular formula is C20H19F5N3O5+. The van der Waals surface area contributed by atoms with Crippen LogP contribution >= 0.6 is 0 Å². The van der Waals surface area contributed by atoms with E-state index in [4.69, 9.17) is 10.5 Å². The second kappa shape index (κ2) is 8.21. The SMILES string of the molecule is C[C@@H]1[C@H](c2ccc(F)c(F)c2O)[C@H](C(=O)NC2=CC(C(N)=O)[N+](=O)C=C2)O[C@]1(C)C(F)(F)F. The molecule has 1 aromatic rings. The van der Waals surface area contributed by atoms with Gasteiger partial charge in [-0.1, -0.05) is 13.0 Å². The Bertz CT molecular complexity index is 1090. The van der Waals surface area contributed by atoms with Gasteiger partial charge in [0.05, 0.1) is 5.70 Å². The number of amides is 2. The summed E-state index contributed by atoms with van der Waals surface area (Å²) in [6.07, 6.45) is -3.93. The van der Waals surface area contributed by atoms with E-state index in [2.05, 4.69) is 5.32 Å². The predicted molar refractivity (Wildman–Crippen MR) is 101 cm³/mol. The maximum absolute atomic E-state index is 14.0. The number of nitrogens with zero attached hydrogens (tertiary/aromatic N) is 1. The van der Waals surface area contributed by atoms with Gasteiger partial charge in [-0.05, 0) is 13.0 Å². The van der Waals surface area contributed by atoms with Crippen molar-refractivity contribution >= 4 is 11.8 Å². The summed E-state index contributed by atoms with van der Waals surface area (Å²) in [6.45, 7) is 1.80. The number of hydrogen-bond acceptors (Lipinski definition) is 5. The molecule has 178 valence electrons. The van der Waals surface area contributed by atoms with Crippen LogP contribution in [0.4, 0.5) is 22.0 Å². The Hall–Kier alpha value is -3.35. The van der Waals surface area contributed by atoms with Crippen molar-refractivity contribution in [3.8, 4) is 5.75 Å². The van der Waals surface area contributed by atoms with E-state index in [1.54, 1.807) is 0 Å². The Morgan fingerprint density at radius 1 is 1.27 bits per heavy atom. The molecule has 1 fully saturated rings. The third-order valence-electron chi connectivity index (χ3n) is 5.96. The number of alkyl halides is 3. The van der Waals surface area contributed by atoms with Crippen molar-refractivity contribution in [2.75, 3.05) is 0 Å². The number of carbonyl (C=O) groups excluding carboxylic acids is 2. The summed E-state index contributed by atoms with van der Waals surface area (Å²) >= 11 is 0. The number of aromatic hydroxyl groups is 1. The summed E-state index contributed by atoms with van der Waals surface area (Å²) in [5.74, 6) is -9.59. The van der Waals surface area contributed by atoms with Crippen LogP contribution in [-0.2, 0) is 14.3 Å². The van der Waals surface area contributed by atoms with E-state index in [9.17, 15) is 41.6 Å². The number of nitroso groups, excluding NO2 is 1. The van der Waals surface area contributed by atoms with E-state index in [0.29, 0.717) is 13.0 Å². The summed E-state index contributed by atoms with van der Waals surface area (Å²) in [5, 5.41) is 12.3. The van der Waals surface area contributed by atoms with Crippen molar-refractivity contribution in [3.63, 3.8) is 0 Å². The van der Waals surface area contributed by atoms with Gasteiger partial charge >= 0.3 is 12.2 Å². The van der Waals surface area contributed by atoms with E-state index in [-0.39, 0.29) is 10.5 Å². The monoisotopic (exact) mass is 476 g/mol. The van der Waals surface area contributed by atoms with Crippen molar-refractivity contribution in [1.82, 2.24) is 5.32 Å². The highest BCUT2D eigenvalue weighted by Gasteiger charge is 2.65. The van der Waals surface area contributed by atoms with Gasteiger partial charge in [0.25, 0.3) is 11.8 Å². The quantitative estimate of drug-likeness (QED) is 0.455. The molecule has 0 aliphatic carbocycles. The molecule has 1 unspecified atom stereocenters. The molecule has 0 spiro atoms. The Balaban J connectivity index is 2.02. The van der Waals surface area contributed by atoms with Crippen LogP contribution in [0.25, 0.3) is 0 Å². The lowest BCUT2D eigenvalue weighted by atomic mass is 9.77. The molecule has 0 bridgehead atoms.